The second-order valence-corrected chi connectivity index (χ2v) is 7.40. The molecule has 0 bridgehead atoms. The number of nitrogens with zero attached hydrogens (tertiary/aromatic N) is 1. The third-order valence-corrected chi connectivity index (χ3v) is 5.81. The maximum absolute atomic E-state index is 10.9. The van der Waals surface area contributed by atoms with Crippen LogP contribution in [0.15, 0.2) is 24.3 Å². The monoisotopic (exact) mass is 317 g/mol. The summed E-state index contributed by atoms with van der Waals surface area (Å²) in [5.41, 5.74) is 0.919. The highest BCUT2D eigenvalue weighted by Gasteiger charge is 2.47. The van der Waals surface area contributed by atoms with Crippen LogP contribution in [0.25, 0.3) is 0 Å². The van der Waals surface area contributed by atoms with E-state index in [9.17, 15) is 5.11 Å². The molecular weight excluding hydrogens is 286 g/mol. The van der Waals surface area contributed by atoms with Crippen LogP contribution in [-0.2, 0) is 6.54 Å². The number of hydrogen-bond donors (Lipinski definition) is 1. The first-order valence-corrected chi connectivity index (χ1v) is 9.31. The second kappa shape index (κ2) is 7.23. The molecule has 128 valence electrons. The molecule has 3 atom stereocenters. The molecule has 0 amide bonds. The first-order chi connectivity index (χ1) is 11.1. The number of likely N-dealkylation sites (tertiary alicyclic amines) is 1. The number of rotatable bonds is 6. The fourth-order valence-corrected chi connectivity index (χ4v) is 4.45. The highest BCUT2D eigenvalue weighted by Crippen LogP contribution is 2.44. The van der Waals surface area contributed by atoms with E-state index in [1.807, 2.05) is 0 Å². The summed E-state index contributed by atoms with van der Waals surface area (Å²) in [6.45, 7) is 8.22. The van der Waals surface area contributed by atoms with Crippen molar-refractivity contribution in [2.45, 2.75) is 58.1 Å². The number of aliphatic hydroxyl groups is 1. The molecular formula is C20H31NO2. The third-order valence-electron chi connectivity index (χ3n) is 5.81. The van der Waals surface area contributed by atoms with Crippen molar-refractivity contribution in [3.63, 3.8) is 0 Å². The fraction of sp³-hybridized carbons (Fsp3) is 0.700. The van der Waals surface area contributed by atoms with Gasteiger partial charge in [-0.2, -0.15) is 0 Å². The van der Waals surface area contributed by atoms with Crippen LogP contribution >= 0.6 is 0 Å². The lowest BCUT2D eigenvalue weighted by molar-refractivity contribution is -0.0613. The SMILES string of the molecule is CCCOc1ccc(CN2C[C@H]3CCC[C@](O)(CC)[C@H]3C2)cc1. The zero-order chi connectivity index (χ0) is 16.3. The largest absolute Gasteiger partial charge is 0.494 e. The van der Waals surface area contributed by atoms with Gasteiger partial charge in [0.1, 0.15) is 5.75 Å². The summed E-state index contributed by atoms with van der Waals surface area (Å²) < 4.78 is 5.65. The molecule has 0 unspecified atom stereocenters. The Hall–Kier alpha value is -1.06. The first-order valence-electron chi connectivity index (χ1n) is 9.31. The van der Waals surface area contributed by atoms with Crippen molar-refractivity contribution in [2.24, 2.45) is 11.8 Å². The topological polar surface area (TPSA) is 32.7 Å². The van der Waals surface area contributed by atoms with Crippen LogP contribution < -0.4 is 4.74 Å². The normalized spacial score (nSPS) is 31.1. The fourth-order valence-electron chi connectivity index (χ4n) is 4.45. The summed E-state index contributed by atoms with van der Waals surface area (Å²) in [6.07, 6.45) is 5.39. The average Bonchev–Trinajstić information content (AvgIpc) is 2.98. The predicted molar refractivity (Wildman–Crippen MR) is 93.6 cm³/mol. The third kappa shape index (κ3) is 3.72. The van der Waals surface area contributed by atoms with Gasteiger partial charge in [0.15, 0.2) is 0 Å². The zero-order valence-electron chi connectivity index (χ0n) is 14.6. The molecule has 1 saturated heterocycles. The number of fused-ring (bicyclic) bond motifs is 1. The van der Waals surface area contributed by atoms with Crippen LogP contribution in [0.3, 0.4) is 0 Å². The number of hydrogen-bond acceptors (Lipinski definition) is 3. The van der Waals surface area contributed by atoms with E-state index in [1.165, 1.54) is 18.4 Å². The molecule has 1 heterocycles. The molecule has 1 aromatic rings. The lowest BCUT2D eigenvalue weighted by atomic mass is 9.69. The molecule has 1 aliphatic heterocycles. The highest BCUT2D eigenvalue weighted by atomic mass is 16.5. The Labute approximate surface area is 140 Å². The molecule has 1 aliphatic carbocycles. The van der Waals surface area contributed by atoms with Crippen LogP contribution in [0.5, 0.6) is 5.75 Å². The summed E-state index contributed by atoms with van der Waals surface area (Å²) in [4.78, 5) is 2.53. The lowest BCUT2D eigenvalue weighted by Crippen LogP contribution is -2.44. The lowest BCUT2D eigenvalue weighted by Gasteiger charge is -2.40. The van der Waals surface area contributed by atoms with Crippen LogP contribution in [0.4, 0.5) is 0 Å². The summed E-state index contributed by atoms with van der Waals surface area (Å²) in [6, 6.07) is 8.52. The Morgan fingerprint density at radius 1 is 1.22 bits per heavy atom. The van der Waals surface area contributed by atoms with Crippen molar-refractivity contribution >= 4 is 0 Å². The Kier molecular flexibility index (Phi) is 5.27. The van der Waals surface area contributed by atoms with Gasteiger partial charge in [-0.1, -0.05) is 32.4 Å². The molecule has 1 saturated carbocycles. The van der Waals surface area contributed by atoms with Gasteiger partial charge in [-0.25, -0.2) is 0 Å². The zero-order valence-corrected chi connectivity index (χ0v) is 14.6. The average molecular weight is 317 g/mol. The summed E-state index contributed by atoms with van der Waals surface area (Å²) >= 11 is 0. The Bertz CT molecular complexity index is 501. The van der Waals surface area contributed by atoms with Gasteiger partial charge < -0.3 is 9.84 Å². The van der Waals surface area contributed by atoms with Crippen LogP contribution in [0.1, 0.15) is 51.5 Å². The van der Waals surface area contributed by atoms with Crippen LogP contribution in [-0.4, -0.2) is 35.3 Å². The molecule has 0 spiro atoms. The van der Waals surface area contributed by atoms with E-state index in [2.05, 4.69) is 43.0 Å². The summed E-state index contributed by atoms with van der Waals surface area (Å²) in [7, 11) is 0. The van der Waals surface area contributed by atoms with Gasteiger partial charge in [0.2, 0.25) is 0 Å². The maximum Gasteiger partial charge on any atom is 0.119 e. The summed E-state index contributed by atoms with van der Waals surface area (Å²) in [5.74, 6) is 2.11. The molecule has 1 aromatic carbocycles. The van der Waals surface area contributed by atoms with Gasteiger partial charge in [-0.15, -0.1) is 0 Å². The van der Waals surface area contributed by atoms with E-state index < -0.39 is 5.60 Å². The van der Waals surface area contributed by atoms with Crippen molar-refractivity contribution in [1.29, 1.82) is 0 Å². The minimum absolute atomic E-state index is 0.421. The van der Waals surface area contributed by atoms with Gasteiger partial charge in [0, 0.05) is 25.6 Å². The Morgan fingerprint density at radius 3 is 2.70 bits per heavy atom. The second-order valence-electron chi connectivity index (χ2n) is 7.40. The molecule has 0 aromatic heterocycles. The van der Waals surface area contributed by atoms with E-state index in [4.69, 9.17) is 4.74 Å². The van der Waals surface area contributed by atoms with Gasteiger partial charge >= 0.3 is 0 Å². The van der Waals surface area contributed by atoms with Crippen LogP contribution in [0, 0.1) is 11.8 Å². The van der Waals surface area contributed by atoms with E-state index in [0.29, 0.717) is 11.8 Å². The predicted octanol–water partition coefficient (Wildman–Crippen LogP) is 3.85. The smallest absolute Gasteiger partial charge is 0.119 e. The quantitative estimate of drug-likeness (QED) is 0.865. The highest BCUT2D eigenvalue weighted by molar-refractivity contribution is 5.27. The Balaban J connectivity index is 1.59. The molecule has 3 heteroatoms. The number of ether oxygens (including phenoxy) is 1. The van der Waals surface area contributed by atoms with Crippen molar-refractivity contribution in [2.75, 3.05) is 19.7 Å². The molecule has 3 nitrogen and oxygen atoms in total. The minimum Gasteiger partial charge on any atom is -0.494 e. The van der Waals surface area contributed by atoms with Crippen molar-refractivity contribution < 1.29 is 9.84 Å². The molecule has 1 N–H and O–H groups in total. The van der Waals surface area contributed by atoms with E-state index in [0.717, 1.165) is 51.3 Å². The van der Waals surface area contributed by atoms with E-state index in [1.54, 1.807) is 0 Å². The van der Waals surface area contributed by atoms with E-state index >= 15 is 0 Å². The van der Waals surface area contributed by atoms with Crippen molar-refractivity contribution in [3.05, 3.63) is 29.8 Å². The first kappa shape index (κ1) is 16.8. The number of benzene rings is 1. The summed E-state index contributed by atoms with van der Waals surface area (Å²) in [5, 5.41) is 10.9. The van der Waals surface area contributed by atoms with E-state index in [-0.39, 0.29) is 0 Å². The molecule has 2 aliphatic rings. The van der Waals surface area contributed by atoms with Gasteiger partial charge in [-0.05, 0) is 49.3 Å². The van der Waals surface area contributed by atoms with Gasteiger partial charge in [0.25, 0.3) is 0 Å². The Morgan fingerprint density at radius 2 is 2.00 bits per heavy atom. The molecule has 2 fully saturated rings. The van der Waals surface area contributed by atoms with Gasteiger partial charge in [0.05, 0.1) is 12.2 Å². The molecule has 23 heavy (non-hydrogen) atoms. The molecule has 0 radical (unpaired) electrons. The van der Waals surface area contributed by atoms with Crippen molar-refractivity contribution in [1.82, 2.24) is 4.90 Å². The van der Waals surface area contributed by atoms with Gasteiger partial charge in [-0.3, -0.25) is 4.90 Å². The van der Waals surface area contributed by atoms with Crippen molar-refractivity contribution in [3.8, 4) is 5.75 Å². The maximum atomic E-state index is 10.9. The molecule has 3 rings (SSSR count). The minimum atomic E-state index is -0.421. The van der Waals surface area contributed by atoms with Crippen LogP contribution in [0.2, 0.25) is 0 Å². The standard InChI is InChI=1S/C20H31NO2/c1-3-12-23-18-9-7-16(8-10-18)13-21-14-17-6-5-11-20(22,4-2)19(17)15-21/h7-10,17,19,22H,3-6,11-15H2,1-2H3/t17-,19+,20-/m1/s1.